The smallest absolute Gasteiger partial charge is 0.256 e. The molecule has 1 unspecified atom stereocenters. The molecule has 0 bridgehead atoms. The third-order valence-corrected chi connectivity index (χ3v) is 3.36. The van der Waals surface area contributed by atoms with Crippen molar-refractivity contribution in [1.29, 1.82) is 0 Å². The largest absolute Gasteiger partial charge is 0.366 e. The Kier molecular flexibility index (Phi) is 4.62. The molecule has 1 saturated heterocycles. The SMILES string of the molecule is CC(C)Cc1nnc(NC(=O)C2CNCCO2)s1. The fourth-order valence-electron chi connectivity index (χ4n) is 1.66. The number of amides is 1. The molecule has 0 aromatic carbocycles. The van der Waals surface area contributed by atoms with Crippen LogP contribution in [0.3, 0.4) is 0 Å². The van der Waals surface area contributed by atoms with E-state index in [0.717, 1.165) is 18.0 Å². The van der Waals surface area contributed by atoms with Gasteiger partial charge in [0, 0.05) is 19.5 Å². The van der Waals surface area contributed by atoms with Crippen molar-refractivity contribution in [1.82, 2.24) is 15.5 Å². The Morgan fingerprint density at radius 1 is 1.61 bits per heavy atom. The third kappa shape index (κ3) is 3.72. The summed E-state index contributed by atoms with van der Waals surface area (Å²) in [6.07, 6.45) is 0.450. The molecule has 1 fully saturated rings. The topological polar surface area (TPSA) is 76.1 Å². The standard InChI is InChI=1S/C11H18N4O2S/c1-7(2)5-9-14-15-11(18-9)13-10(16)8-6-12-3-4-17-8/h7-8,12H,3-6H2,1-2H3,(H,13,15,16). The quantitative estimate of drug-likeness (QED) is 0.840. The van der Waals surface area contributed by atoms with Crippen LogP contribution < -0.4 is 10.6 Å². The second-order valence-corrected chi connectivity index (χ2v) is 5.71. The van der Waals surface area contributed by atoms with Gasteiger partial charge in [-0.25, -0.2) is 0 Å². The Morgan fingerprint density at radius 3 is 3.11 bits per heavy atom. The number of hydrogen-bond acceptors (Lipinski definition) is 6. The highest BCUT2D eigenvalue weighted by atomic mass is 32.1. The monoisotopic (exact) mass is 270 g/mol. The van der Waals surface area contributed by atoms with Crippen molar-refractivity contribution in [3.05, 3.63) is 5.01 Å². The van der Waals surface area contributed by atoms with Crippen molar-refractivity contribution in [2.75, 3.05) is 25.0 Å². The zero-order valence-corrected chi connectivity index (χ0v) is 11.4. The van der Waals surface area contributed by atoms with Gasteiger partial charge in [0.2, 0.25) is 5.13 Å². The van der Waals surface area contributed by atoms with E-state index in [-0.39, 0.29) is 5.91 Å². The Morgan fingerprint density at radius 2 is 2.44 bits per heavy atom. The predicted octanol–water partition coefficient (Wildman–Crippen LogP) is 0.663. The fourth-order valence-corrected chi connectivity index (χ4v) is 2.61. The summed E-state index contributed by atoms with van der Waals surface area (Å²) in [6, 6.07) is 0. The Balaban J connectivity index is 1.88. The van der Waals surface area contributed by atoms with E-state index in [2.05, 4.69) is 34.7 Å². The number of nitrogens with one attached hydrogen (secondary N) is 2. The lowest BCUT2D eigenvalue weighted by Gasteiger charge is -2.21. The van der Waals surface area contributed by atoms with Crippen molar-refractivity contribution < 1.29 is 9.53 Å². The maximum atomic E-state index is 11.9. The molecular weight excluding hydrogens is 252 g/mol. The van der Waals surface area contributed by atoms with Crippen molar-refractivity contribution in [3.8, 4) is 0 Å². The van der Waals surface area contributed by atoms with Crippen LogP contribution in [-0.2, 0) is 16.0 Å². The van der Waals surface area contributed by atoms with Crippen LogP contribution >= 0.6 is 11.3 Å². The van der Waals surface area contributed by atoms with Gasteiger partial charge in [0.1, 0.15) is 11.1 Å². The molecule has 0 radical (unpaired) electrons. The highest BCUT2D eigenvalue weighted by Gasteiger charge is 2.22. The fraction of sp³-hybridized carbons (Fsp3) is 0.727. The van der Waals surface area contributed by atoms with Crippen LogP contribution in [-0.4, -0.2) is 41.9 Å². The van der Waals surface area contributed by atoms with E-state index >= 15 is 0 Å². The van der Waals surface area contributed by atoms with E-state index in [0.29, 0.717) is 24.2 Å². The number of hydrogen-bond donors (Lipinski definition) is 2. The average Bonchev–Trinajstić information content (AvgIpc) is 2.76. The molecule has 0 aliphatic carbocycles. The van der Waals surface area contributed by atoms with Crippen LogP contribution in [0.2, 0.25) is 0 Å². The summed E-state index contributed by atoms with van der Waals surface area (Å²) >= 11 is 1.42. The molecule has 1 amide bonds. The van der Waals surface area contributed by atoms with Crippen molar-refractivity contribution in [2.45, 2.75) is 26.4 Å². The number of nitrogens with zero attached hydrogens (tertiary/aromatic N) is 2. The highest BCUT2D eigenvalue weighted by Crippen LogP contribution is 2.18. The molecule has 1 aromatic rings. The van der Waals surface area contributed by atoms with Gasteiger partial charge in [-0.3, -0.25) is 10.1 Å². The van der Waals surface area contributed by atoms with Crippen molar-refractivity contribution in [3.63, 3.8) is 0 Å². The maximum absolute atomic E-state index is 11.9. The first kappa shape index (κ1) is 13.4. The first-order valence-electron chi connectivity index (χ1n) is 6.10. The van der Waals surface area contributed by atoms with Gasteiger partial charge in [-0.1, -0.05) is 25.2 Å². The summed E-state index contributed by atoms with van der Waals surface area (Å²) in [5.74, 6) is 0.377. The summed E-state index contributed by atoms with van der Waals surface area (Å²) in [5.41, 5.74) is 0. The second kappa shape index (κ2) is 6.21. The van der Waals surface area contributed by atoms with Crippen molar-refractivity contribution >= 4 is 22.4 Å². The number of anilines is 1. The Hall–Kier alpha value is -1.05. The molecule has 2 rings (SSSR count). The van der Waals surface area contributed by atoms with Crippen LogP contribution in [0.4, 0.5) is 5.13 Å². The number of ether oxygens (including phenoxy) is 1. The lowest BCUT2D eigenvalue weighted by Crippen LogP contribution is -2.45. The van der Waals surface area contributed by atoms with E-state index in [4.69, 9.17) is 4.74 Å². The van der Waals surface area contributed by atoms with Gasteiger partial charge in [0.05, 0.1) is 6.61 Å². The van der Waals surface area contributed by atoms with Gasteiger partial charge in [-0.2, -0.15) is 0 Å². The third-order valence-electron chi connectivity index (χ3n) is 2.50. The minimum atomic E-state index is -0.434. The zero-order chi connectivity index (χ0) is 13.0. The lowest BCUT2D eigenvalue weighted by atomic mass is 10.1. The van der Waals surface area contributed by atoms with Crippen molar-refractivity contribution in [2.24, 2.45) is 5.92 Å². The number of aromatic nitrogens is 2. The van der Waals surface area contributed by atoms with Gasteiger partial charge in [-0.05, 0) is 5.92 Å². The maximum Gasteiger partial charge on any atom is 0.256 e. The van der Waals surface area contributed by atoms with Gasteiger partial charge in [0.25, 0.3) is 5.91 Å². The molecule has 1 aliphatic rings. The van der Waals surface area contributed by atoms with Crippen LogP contribution in [0.25, 0.3) is 0 Å². The molecule has 2 N–H and O–H groups in total. The molecule has 0 spiro atoms. The van der Waals surface area contributed by atoms with Crippen LogP contribution in [0.1, 0.15) is 18.9 Å². The van der Waals surface area contributed by atoms with Gasteiger partial charge < -0.3 is 10.1 Å². The summed E-state index contributed by atoms with van der Waals surface area (Å²) in [7, 11) is 0. The van der Waals surface area contributed by atoms with E-state index in [1.165, 1.54) is 11.3 Å². The predicted molar refractivity (Wildman–Crippen MR) is 69.7 cm³/mol. The van der Waals surface area contributed by atoms with Gasteiger partial charge >= 0.3 is 0 Å². The molecule has 1 aliphatic heterocycles. The van der Waals surface area contributed by atoms with Crippen LogP contribution in [0, 0.1) is 5.92 Å². The van der Waals surface area contributed by atoms with Crippen LogP contribution in [0.5, 0.6) is 0 Å². The summed E-state index contributed by atoms with van der Waals surface area (Å²) in [4.78, 5) is 11.9. The molecule has 1 atom stereocenters. The number of morpholine rings is 1. The first-order valence-corrected chi connectivity index (χ1v) is 6.92. The molecular formula is C11H18N4O2S. The summed E-state index contributed by atoms with van der Waals surface area (Å²) < 4.78 is 5.37. The van der Waals surface area contributed by atoms with Gasteiger partial charge in [-0.15, -0.1) is 10.2 Å². The normalized spacial score (nSPS) is 20.1. The molecule has 0 saturated carbocycles. The molecule has 18 heavy (non-hydrogen) atoms. The Labute approximate surface area is 110 Å². The first-order chi connectivity index (χ1) is 8.65. The second-order valence-electron chi connectivity index (χ2n) is 4.65. The van der Waals surface area contributed by atoms with E-state index in [1.54, 1.807) is 0 Å². The summed E-state index contributed by atoms with van der Waals surface area (Å²) in [5, 5.41) is 15.4. The minimum Gasteiger partial charge on any atom is -0.366 e. The molecule has 2 heterocycles. The average molecular weight is 270 g/mol. The molecule has 6 nitrogen and oxygen atoms in total. The van der Waals surface area contributed by atoms with E-state index < -0.39 is 6.10 Å². The van der Waals surface area contributed by atoms with E-state index in [9.17, 15) is 4.79 Å². The summed E-state index contributed by atoms with van der Waals surface area (Å²) in [6.45, 7) is 6.15. The minimum absolute atomic E-state index is 0.158. The zero-order valence-electron chi connectivity index (χ0n) is 10.6. The van der Waals surface area contributed by atoms with E-state index in [1.807, 2.05) is 0 Å². The molecule has 1 aromatic heterocycles. The molecule has 100 valence electrons. The number of rotatable bonds is 4. The number of carbonyl (C=O) groups excluding carboxylic acids is 1. The Bertz CT molecular complexity index is 402. The van der Waals surface area contributed by atoms with Crippen LogP contribution in [0.15, 0.2) is 0 Å². The lowest BCUT2D eigenvalue weighted by molar-refractivity contribution is -0.128. The molecule has 7 heteroatoms. The number of carbonyl (C=O) groups is 1. The highest BCUT2D eigenvalue weighted by molar-refractivity contribution is 7.15. The van der Waals surface area contributed by atoms with Gasteiger partial charge in [0.15, 0.2) is 0 Å².